The van der Waals surface area contributed by atoms with Crippen LogP contribution in [0.25, 0.3) is 5.52 Å². The molecule has 8 heteroatoms. The Morgan fingerprint density at radius 2 is 1.69 bits per heavy atom. The molecule has 0 aliphatic carbocycles. The number of pyridine rings is 1. The highest BCUT2D eigenvalue weighted by Gasteiger charge is 2.21. The predicted octanol–water partition coefficient (Wildman–Crippen LogP) is 0.307. The van der Waals surface area contributed by atoms with E-state index in [1.54, 1.807) is 16.7 Å². The van der Waals surface area contributed by atoms with Gasteiger partial charge >= 0.3 is 0 Å². The molecule has 2 heterocycles. The third-order valence-electron chi connectivity index (χ3n) is 3.88. The van der Waals surface area contributed by atoms with E-state index in [9.17, 15) is 9.59 Å². The molecule has 2 amide bonds. The molecule has 2 rings (SSSR count). The van der Waals surface area contributed by atoms with Crippen LogP contribution in [0.5, 0.6) is 0 Å². The van der Waals surface area contributed by atoms with Gasteiger partial charge in [-0.3, -0.25) is 14.0 Å². The van der Waals surface area contributed by atoms with Gasteiger partial charge in [-0.1, -0.05) is 6.07 Å². The SMILES string of the molecule is CN(C)CCCNC(=O)c1nc(C(=O)NCCN(C)C)n2ccccc12. The summed E-state index contributed by atoms with van der Waals surface area (Å²) < 4.78 is 1.65. The number of amides is 2. The van der Waals surface area contributed by atoms with Crippen molar-refractivity contribution in [2.45, 2.75) is 6.42 Å². The standard InChI is InChI=1S/C18H28N6O2/c1-22(2)11-7-9-19-17(25)15-14-8-5-6-12-24(14)16(21-15)18(26)20-10-13-23(3)4/h5-6,8,12H,7,9-11,13H2,1-4H3,(H,19,25)(H,20,26). The van der Waals surface area contributed by atoms with E-state index in [-0.39, 0.29) is 23.3 Å². The first-order chi connectivity index (χ1) is 12.4. The van der Waals surface area contributed by atoms with Crippen molar-refractivity contribution in [2.75, 3.05) is 54.4 Å². The Kier molecular flexibility index (Phi) is 7.11. The maximum absolute atomic E-state index is 12.5. The van der Waals surface area contributed by atoms with E-state index in [4.69, 9.17) is 0 Å². The number of nitrogens with one attached hydrogen (secondary N) is 2. The van der Waals surface area contributed by atoms with Gasteiger partial charge in [0, 0.05) is 25.8 Å². The Bertz CT molecular complexity index is 753. The second-order valence-electron chi connectivity index (χ2n) is 6.71. The molecule has 0 aliphatic rings. The van der Waals surface area contributed by atoms with Crippen LogP contribution in [-0.2, 0) is 0 Å². The van der Waals surface area contributed by atoms with E-state index in [1.807, 2.05) is 45.2 Å². The first-order valence-corrected chi connectivity index (χ1v) is 8.73. The summed E-state index contributed by atoms with van der Waals surface area (Å²) >= 11 is 0. The summed E-state index contributed by atoms with van der Waals surface area (Å²) in [5.74, 6) is -0.336. The van der Waals surface area contributed by atoms with Gasteiger partial charge in [-0.05, 0) is 53.3 Å². The maximum Gasteiger partial charge on any atom is 0.287 e. The second-order valence-corrected chi connectivity index (χ2v) is 6.71. The fraction of sp³-hybridized carbons (Fsp3) is 0.500. The Morgan fingerprint density at radius 1 is 1.00 bits per heavy atom. The van der Waals surface area contributed by atoms with Crippen molar-refractivity contribution in [3.63, 3.8) is 0 Å². The highest BCUT2D eigenvalue weighted by molar-refractivity contribution is 6.02. The lowest BCUT2D eigenvalue weighted by atomic mass is 10.3. The van der Waals surface area contributed by atoms with Crippen molar-refractivity contribution in [1.82, 2.24) is 29.8 Å². The lowest BCUT2D eigenvalue weighted by Crippen LogP contribution is -2.32. The molecule has 8 nitrogen and oxygen atoms in total. The van der Waals surface area contributed by atoms with E-state index in [1.165, 1.54) is 0 Å². The molecular formula is C18H28N6O2. The van der Waals surface area contributed by atoms with Crippen molar-refractivity contribution in [2.24, 2.45) is 0 Å². The third kappa shape index (κ3) is 5.27. The van der Waals surface area contributed by atoms with Crippen LogP contribution in [0.4, 0.5) is 0 Å². The highest BCUT2D eigenvalue weighted by Crippen LogP contribution is 2.13. The lowest BCUT2D eigenvalue weighted by molar-refractivity contribution is 0.0940. The third-order valence-corrected chi connectivity index (χ3v) is 3.88. The van der Waals surface area contributed by atoms with E-state index in [0.717, 1.165) is 19.5 Å². The molecule has 0 aliphatic heterocycles. The average molecular weight is 360 g/mol. The minimum absolute atomic E-state index is 0.220. The number of rotatable bonds is 9. The molecule has 142 valence electrons. The van der Waals surface area contributed by atoms with Gasteiger partial charge in [0.1, 0.15) is 0 Å². The van der Waals surface area contributed by atoms with E-state index < -0.39 is 0 Å². The Balaban J connectivity index is 2.12. The van der Waals surface area contributed by atoms with Gasteiger partial charge < -0.3 is 20.4 Å². The molecule has 2 aromatic rings. The molecule has 0 saturated carbocycles. The van der Waals surface area contributed by atoms with Crippen LogP contribution in [0.15, 0.2) is 24.4 Å². The molecule has 0 saturated heterocycles. The van der Waals surface area contributed by atoms with Crippen LogP contribution in [0.1, 0.15) is 27.5 Å². The lowest BCUT2D eigenvalue weighted by Gasteiger charge is -2.09. The van der Waals surface area contributed by atoms with Crippen molar-refractivity contribution >= 4 is 17.3 Å². The van der Waals surface area contributed by atoms with Crippen molar-refractivity contribution < 1.29 is 9.59 Å². The van der Waals surface area contributed by atoms with Gasteiger partial charge in [0.15, 0.2) is 5.69 Å². The van der Waals surface area contributed by atoms with Crippen molar-refractivity contribution in [3.05, 3.63) is 35.9 Å². The quantitative estimate of drug-likeness (QED) is 0.629. The Labute approximate surface area is 154 Å². The van der Waals surface area contributed by atoms with Crippen LogP contribution in [-0.4, -0.2) is 85.4 Å². The summed E-state index contributed by atoms with van der Waals surface area (Å²) in [6.07, 6.45) is 2.59. The average Bonchev–Trinajstić information content (AvgIpc) is 2.98. The summed E-state index contributed by atoms with van der Waals surface area (Å²) in [5, 5.41) is 5.72. The van der Waals surface area contributed by atoms with Crippen LogP contribution in [0, 0.1) is 0 Å². The van der Waals surface area contributed by atoms with Gasteiger partial charge in [0.05, 0.1) is 5.52 Å². The first-order valence-electron chi connectivity index (χ1n) is 8.73. The van der Waals surface area contributed by atoms with Gasteiger partial charge in [-0.25, -0.2) is 4.98 Å². The monoisotopic (exact) mass is 360 g/mol. The number of hydrogen-bond donors (Lipinski definition) is 2. The summed E-state index contributed by atoms with van der Waals surface area (Å²) in [4.78, 5) is 33.3. The number of hydrogen-bond acceptors (Lipinski definition) is 5. The molecule has 2 N–H and O–H groups in total. The van der Waals surface area contributed by atoms with E-state index in [0.29, 0.717) is 18.6 Å². The number of nitrogens with zero attached hydrogens (tertiary/aromatic N) is 4. The van der Waals surface area contributed by atoms with Gasteiger partial charge in [-0.15, -0.1) is 0 Å². The Morgan fingerprint density at radius 3 is 2.38 bits per heavy atom. The van der Waals surface area contributed by atoms with Gasteiger partial charge in [0.2, 0.25) is 5.82 Å². The summed E-state index contributed by atoms with van der Waals surface area (Å²) in [5.41, 5.74) is 0.892. The number of imidazole rings is 1. The fourth-order valence-electron chi connectivity index (χ4n) is 2.52. The zero-order valence-electron chi connectivity index (χ0n) is 16.0. The number of carbonyl (C=O) groups excluding carboxylic acids is 2. The van der Waals surface area contributed by atoms with Crippen LogP contribution in [0.3, 0.4) is 0 Å². The minimum atomic E-state index is -0.292. The number of carbonyl (C=O) groups is 2. The molecule has 0 fully saturated rings. The molecule has 2 aromatic heterocycles. The Hall–Kier alpha value is -2.45. The second kappa shape index (κ2) is 9.30. The van der Waals surface area contributed by atoms with Crippen LogP contribution >= 0.6 is 0 Å². The number of fused-ring (bicyclic) bond motifs is 1. The number of aromatic nitrogens is 2. The molecule has 0 bridgehead atoms. The molecular weight excluding hydrogens is 332 g/mol. The van der Waals surface area contributed by atoms with E-state index >= 15 is 0 Å². The predicted molar refractivity (Wildman–Crippen MR) is 102 cm³/mol. The van der Waals surface area contributed by atoms with Crippen molar-refractivity contribution in [1.29, 1.82) is 0 Å². The van der Waals surface area contributed by atoms with Crippen molar-refractivity contribution in [3.8, 4) is 0 Å². The molecule has 0 radical (unpaired) electrons. The molecule has 0 unspecified atom stereocenters. The van der Waals surface area contributed by atoms with Gasteiger partial charge in [0.25, 0.3) is 11.8 Å². The molecule has 26 heavy (non-hydrogen) atoms. The minimum Gasteiger partial charge on any atom is -0.351 e. The van der Waals surface area contributed by atoms with E-state index in [2.05, 4.69) is 20.5 Å². The molecule has 0 spiro atoms. The highest BCUT2D eigenvalue weighted by atomic mass is 16.2. The fourth-order valence-corrected chi connectivity index (χ4v) is 2.52. The summed E-state index contributed by atoms with van der Waals surface area (Å²) in [6.45, 7) is 2.70. The first kappa shape index (κ1) is 19.9. The van der Waals surface area contributed by atoms with Gasteiger partial charge in [-0.2, -0.15) is 0 Å². The molecule has 0 aromatic carbocycles. The number of likely N-dealkylation sites (N-methyl/N-ethyl adjacent to an activating group) is 1. The normalized spacial score (nSPS) is 11.3. The smallest absolute Gasteiger partial charge is 0.287 e. The topological polar surface area (TPSA) is 82.0 Å². The largest absolute Gasteiger partial charge is 0.351 e. The maximum atomic E-state index is 12.5. The van der Waals surface area contributed by atoms with Crippen LogP contribution in [0.2, 0.25) is 0 Å². The van der Waals surface area contributed by atoms with Crippen LogP contribution < -0.4 is 10.6 Å². The zero-order chi connectivity index (χ0) is 19.1. The summed E-state index contributed by atoms with van der Waals surface area (Å²) in [7, 11) is 7.86. The summed E-state index contributed by atoms with van der Waals surface area (Å²) in [6, 6.07) is 5.43. The zero-order valence-corrected chi connectivity index (χ0v) is 16.0. The molecule has 0 atom stereocenters.